The highest BCUT2D eigenvalue weighted by atomic mass is 16.5. The lowest BCUT2D eigenvalue weighted by atomic mass is 9.91. The first-order valence-electron chi connectivity index (χ1n) is 7.27. The summed E-state index contributed by atoms with van der Waals surface area (Å²) >= 11 is 0. The molecule has 0 saturated heterocycles. The van der Waals surface area contributed by atoms with Gasteiger partial charge >= 0.3 is 5.97 Å². The van der Waals surface area contributed by atoms with Gasteiger partial charge in [0.15, 0.2) is 5.78 Å². The predicted octanol–water partition coefficient (Wildman–Crippen LogP) is 3.90. The molecular formula is C15H28O3. The van der Waals surface area contributed by atoms with E-state index < -0.39 is 0 Å². The Morgan fingerprint density at radius 1 is 0.944 bits per heavy atom. The largest absolute Gasteiger partial charge is 0.458 e. The highest BCUT2D eigenvalue weighted by molar-refractivity contribution is 5.84. The van der Waals surface area contributed by atoms with Gasteiger partial charge in [0, 0.05) is 12.8 Å². The van der Waals surface area contributed by atoms with Gasteiger partial charge in [-0.2, -0.15) is 0 Å². The van der Waals surface area contributed by atoms with Gasteiger partial charge in [-0.1, -0.05) is 52.4 Å². The fraction of sp³-hybridized carbons (Fsp3) is 0.867. The smallest absolute Gasteiger partial charge is 0.303 e. The van der Waals surface area contributed by atoms with Crippen LogP contribution >= 0.6 is 0 Å². The van der Waals surface area contributed by atoms with Crippen LogP contribution < -0.4 is 0 Å². The maximum absolute atomic E-state index is 11.9. The molecule has 0 fully saturated rings. The molecule has 1 atom stereocenters. The number of hydrogen-bond acceptors (Lipinski definition) is 3. The van der Waals surface area contributed by atoms with E-state index in [1.807, 2.05) is 0 Å². The van der Waals surface area contributed by atoms with Crippen LogP contribution in [0.4, 0.5) is 0 Å². The molecule has 0 bridgehead atoms. The summed E-state index contributed by atoms with van der Waals surface area (Å²) in [4.78, 5) is 22.6. The third-order valence-corrected chi connectivity index (χ3v) is 3.19. The van der Waals surface area contributed by atoms with Crippen LogP contribution in [0.25, 0.3) is 0 Å². The normalized spacial score (nSPS) is 12.2. The molecule has 0 saturated carbocycles. The van der Waals surface area contributed by atoms with E-state index in [1.165, 1.54) is 26.2 Å². The van der Waals surface area contributed by atoms with E-state index in [9.17, 15) is 9.59 Å². The quantitative estimate of drug-likeness (QED) is 0.416. The molecule has 0 aliphatic carbocycles. The molecule has 0 aromatic carbocycles. The predicted molar refractivity (Wildman–Crippen MR) is 73.4 cm³/mol. The lowest BCUT2D eigenvalue weighted by Crippen LogP contribution is -2.21. The zero-order valence-electron chi connectivity index (χ0n) is 12.2. The Balaban J connectivity index is 4.02. The number of unbranched alkanes of at least 4 members (excludes halogenated alkanes) is 4. The summed E-state index contributed by atoms with van der Waals surface area (Å²) in [5, 5.41) is 0. The summed E-state index contributed by atoms with van der Waals surface area (Å²) in [5.41, 5.74) is 0. The van der Waals surface area contributed by atoms with Gasteiger partial charge in [-0.25, -0.2) is 0 Å². The molecule has 3 heteroatoms. The van der Waals surface area contributed by atoms with Gasteiger partial charge < -0.3 is 4.74 Å². The van der Waals surface area contributed by atoms with Crippen LogP contribution in [0.3, 0.4) is 0 Å². The van der Waals surface area contributed by atoms with Crippen molar-refractivity contribution in [1.29, 1.82) is 0 Å². The lowest BCUT2D eigenvalue weighted by molar-refractivity contribution is -0.147. The van der Waals surface area contributed by atoms with Crippen LogP contribution in [-0.4, -0.2) is 18.4 Å². The van der Waals surface area contributed by atoms with Gasteiger partial charge in [0.05, 0.1) is 0 Å². The third kappa shape index (κ3) is 9.20. The van der Waals surface area contributed by atoms with Gasteiger partial charge in [0.25, 0.3) is 0 Å². The highest BCUT2D eigenvalue weighted by Crippen LogP contribution is 2.18. The van der Waals surface area contributed by atoms with Crippen molar-refractivity contribution in [2.75, 3.05) is 6.61 Å². The number of hydrogen-bond donors (Lipinski definition) is 0. The molecule has 18 heavy (non-hydrogen) atoms. The molecule has 3 nitrogen and oxygen atoms in total. The second kappa shape index (κ2) is 11.2. The van der Waals surface area contributed by atoms with Crippen molar-refractivity contribution in [1.82, 2.24) is 0 Å². The van der Waals surface area contributed by atoms with Crippen LogP contribution in [0.2, 0.25) is 0 Å². The van der Waals surface area contributed by atoms with Gasteiger partial charge in [0.2, 0.25) is 0 Å². The van der Waals surface area contributed by atoms with E-state index in [4.69, 9.17) is 4.74 Å². The van der Waals surface area contributed by atoms with Crippen LogP contribution in [0, 0.1) is 5.92 Å². The molecule has 0 amide bonds. The van der Waals surface area contributed by atoms with Gasteiger partial charge in [0.1, 0.15) is 6.61 Å². The van der Waals surface area contributed by atoms with Crippen molar-refractivity contribution < 1.29 is 14.3 Å². The van der Waals surface area contributed by atoms with Crippen molar-refractivity contribution >= 4 is 11.8 Å². The molecule has 0 aliphatic rings. The number of carbonyl (C=O) groups excluding carboxylic acids is 2. The summed E-state index contributed by atoms with van der Waals surface area (Å²) in [6.45, 7) is 5.61. The SMILES string of the molecule is CCCCCCC(CCCC)C(=O)COC(C)=O. The second-order valence-electron chi connectivity index (χ2n) is 4.94. The zero-order chi connectivity index (χ0) is 13.8. The fourth-order valence-electron chi connectivity index (χ4n) is 2.02. The van der Waals surface area contributed by atoms with Crippen molar-refractivity contribution in [2.45, 2.75) is 72.1 Å². The standard InChI is InChI=1S/C15H28O3/c1-4-6-8-9-11-14(10-7-5-2)15(17)12-18-13(3)16/h14H,4-12H2,1-3H3. The maximum Gasteiger partial charge on any atom is 0.303 e. The van der Waals surface area contributed by atoms with Crippen molar-refractivity contribution in [3.05, 3.63) is 0 Å². The molecule has 106 valence electrons. The average molecular weight is 256 g/mol. The number of carbonyl (C=O) groups is 2. The summed E-state index contributed by atoms with van der Waals surface area (Å²) in [6, 6.07) is 0. The molecule has 0 radical (unpaired) electrons. The van der Waals surface area contributed by atoms with Gasteiger partial charge in [-0.15, -0.1) is 0 Å². The van der Waals surface area contributed by atoms with Crippen molar-refractivity contribution in [3.8, 4) is 0 Å². The topological polar surface area (TPSA) is 43.4 Å². The van der Waals surface area contributed by atoms with E-state index in [2.05, 4.69) is 13.8 Å². The number of Topliss-reactive ketones (excluding diaryl/α,β-unsaturated/α-hetero) is 1. The second-order valence-corrected chi connectivity index (χ2v) is 4.94. The van der Waals surface area contributed by atoms with Crippen LogP contribution in [0.1, 0.15) is 72.1 Å². The molecule has 0 aromatic rings. The first kappa shape index (κ1) is 17.1. The fourth-order valence-corrected chi connectivity index (χ4v) is 2.02. The van der Waals surface area contributed by atoms with Crippen LogP contribution in [0.5, 0.6) is 0 Å². The Bertz CT molecular complexity index is 236. The number of esters is 1. The van der Waals surface area contributed by atoms with E-state index in [0.29, 0.717) is 0 Å². The molecule has 0 rings (SSSR count). The molecule has 0 spiro atoms. The third-order valence-electron chi connectivity index (χ3n) is 3.19. The Morgan fingerprint density at radius 3 is 2.11 bits per heavy atom. The molecule has 0 aromatic heterocycles. The van der Waals surface area contributed by atoms with Crippen LogP contribution in [-0.2, 0) is 14.3 Å². The highest BCUT2D eigenvalue weighted by Gasteiger charge is 2.18. The van der Waals surface area contributed by atoms with E-state index in [0.717, 1.165) is 32.1 Å². The van der Waals surface area contributed by atoms with E-state index in [1.54, 1.807) is 0 Å². The number of rotatable bonds is 11. The average Bonchev–Trinajstić information content (AvgIpc) is 2.35. The summed E-state index contributed by atoms with van der Waals surface area (Å²) < 4.78 is 4.80. The first-order chi connectivity index (χ1) is 8.61. The molecule has 0 aliphatic heterocycles. The monoisotopic (exact) mass is 256 g/mol. The summed E-state index contributed by atoms with van der Waals surface area (Å²) in [6.07, 6.45) is 8.80. The Morgan fingerprint density at radius 2 is 1.56 bits per heavy atom. The maximum atomic E-state index is 11.9. The molecule has 1 unspecified atom stereocenters. The number of ether oxygens (including phenoxy) is 1. The van der Waals surface area contributed by atoms with Crippen molar-refractivity contribution in [2.24, 2.45) is 5.92 Å². The minimum Gasteiger partial charge on any atom is -0.458 e. The lowest BCUT2D eigenvalue weighted by Gasteiger charge is -2.15. The zero-order valence-corrected chi connectivity index (χ0v) is 12.2. The number of ketones is 1. The Hall–Kier alpha value is -0.860. The molecule has 0 N–H and O–H groups in total. The molecular weight excluding hydrogens is 228 g/mol. The summed E-state index contributed by atoms with van der Waals surface area (Å²) in [7, 11) is 0. The van der Waals surface area contributed by atoms with Gasteiger partial charge in [-0.05, 0) is 12.8 Å². The van der Waals surface area contributed by atoms with E-state index in [-0.39, 0.29) is 24.3 Å². The molecule has 0 heterocycles. The first-order valence-corrected chi connectivity index (χ1v) is 7.27. The van der Waals surface area contributed by atoms with Crippen LogP contribution in [0.15, 0.2) is 0 Å². The van der Waals surface area contributed by atoms with Crippen molar-refractivity contribution in [3.63, 3.8) is 0 Å². The minimum atomic E-state index is -0.372. The Kier molecular flexibility index (Phi) is 10.7. The Labute approximate surface area is 111 Å². The van der Waals surface area contributed by atoms with Gasteiger partial charge in [-0.3, -0.25) is 9.59 Å². The summed E-state index contributed by atoms with van der Waals surface area (Å²) in [5.74, 6) is -0.195. The minimum absolute atomic E-state index is 0.0442. The van der Waals surface area contributed by atoms with E-state index >= 15 is 0 Å².